The van der Waals surface area contributed by atoms with Gasteiger partial charge in [-0.2, -0.15) is 0 Å². The third kappa shape index (κ3) is 6.89. The molecule has 1 aromatic carbocycles. The van der Waals surface area contributed by atoms with Gasteiger partial charge in [0, 0.05) is 17.6 Å². The fraction of sp³-hybridized carbons (Fsp3) is 0.458. The zero-order chi connectivity index (χ0) is 25.8. The van der Waals surface area contributed by atoms with Crippen molar-refractivity contribution in [3.05, 3.63) is 30.5 Å². The van der Waals surface area contributed by atoms with Gasteiger partial charge in [0.1, 0.15) is 81.4 Å². The minimum atomic E-state index is -1.16. The SMILES string of the molecule is COc1ccc2c(O[C@@H]3C(OCC=O)[C@H](OCC=O)C(COCC=O)O[C@@H]3OCC=O)ccnc2c1. The lowest BCUT2D eigenvalue weighted by atomic mass is 9.98. The summed E-state index contributed by atoms with van der Waals surface area (Å²) in [5, 5.41) is 0.642. The van der Waals surface area contributed by atoms with Crippen LogP contribution in [0.15, 0.2) is 30.5 Å². The molecule has 2 heterocycles. The van der Waals surface area contributed by atoms with Crippen LogP contribution in [-0.2, 0) is 42.9 Å². The van der Waals surface area contributed by atoms with Crippen LogP contribution in [0.2, 0.25) is 0 Å². The van der Waals surface area contributed by atoms with Crippen LogP contribution in [0.5, 0.6) is 11.5 Å². The molecule has 0 N–H and O–H groups in total. The normalized spacial score (nSPS) is 23.6. The molecule has 194 valence electrons. The van der Waals surface area contributed by atoms with E-state index < -0.39 is 30.7 Å². The first-order chi connectivity index (χ1) is 17.7. The van der Waals surface area contributed by atoms with E-state index >= 15 is 0 Å². The number of benzene rings is 1. The van der Waals surface area contributed by atoms with Crippen molar-refractivity contribution in [2.24, 2.45) is 0 Å². The number of ether oxygens (including phenoxy) is 7. The van der Waals surface area contributed by atoms with E-state index in [9.17, 15) is 19.2 Å². The number of aromatic nitrogens is 1. The Labute approximate surface area is 206 Å². The molecule has 12 nitrogen and oxygen atoms in total. The van der Waals surface area contributed by atoms with Crippen molar-refractivity contribution >= 4 is 36.0 Å². The van der Waals surface area contributed by atoms with Crippen molar-refractivity contribution in [1.29, 1.82) is 0 Å². The second kappa shape index (κ2) is 14.3. The molecule has 1 aromatic heterocycles. The molecule has 2 aromatic rings. The van der Waals surface area contributed by atoms with E-state index in [1.54, 1.807) is 37.6 Å². The van der Waals surface area contributed by atoms with Gasteiger partial charge in [-0.3, -0.25) is 4.98 Å². The van der Waals surface area contributed by atoms with Gasteiger partial charge >= 0.3 is 0 Å². The monoisotopic (exact) mass is 505 g/mol. The predicted molar refractivity (Wildman–Crippen MR) is 122 cm³/mol. The summed E-state index contributed by atoms with van der Waals surface area (Å²) in [7, 11) is 1.54. The molecule has 36 heavy (non-hydrogen) atoms. The van der Waals surface area contributed by atoms with Crippen molar-refractivity contribution in [3.8, 4) is 11.5 Å². The van der Waals surface area contributed by atoms with E-state index in [1.165, 1.54) is 0 Å². The first-order valence-electron chi connectivity index (χ1n) is 11.1. The molecule has 0 amide bonds. The van der Waals surface area contributed by atoms with Crippen molar-refractivity contribution in [3.63, 3.8) is 0 Å². The van der Waals surface area contributed by atoms with Crippen LogP contribution in [0.25, 0.3) is 10.9 Å². The maximum absolute atomic E-state index is 11.2. The van der Waals surface area contributed by atoms with Gasteiger partial charge in [-0.25, -0.2) is 0 Å². The van der Waals surface area contributed by atoms with Gasteiger partial charge in [-0.1, -0.05) is 0 Å². The molecule has 1 saturated heterocycles. The molecule has 3 rings (SSSR count). The van der Waals surface area contributed by atoms with Gasteiger partial charge in [-0.15, -0.1) is 0 Å². The summed E-state index contributed by atoms with van der Waals surface area (Å²) in [6.07, 6.45) is -1.26. The van der Waals surface area contributed by atoms with Crippen LogP contribution in [0, 0.1) is 0 Å². The third-order valence-corrected chi connectivity index (χ3v) is 5.27. The van der Waals surface area contributed by atoms with Crippen LogP contribution in [-0.4, -0.2) is 101 Å². The maximum Gasteiger partial charge on any atom is 0.198 e. The maximum atomic E-state index is 11.2. The summed E-state index contributed by atoms with van der Waals surface area (Å²) in [4.78, 5) is 48.3. The second-order valence-corrected chi connectivity index (χ2v) is 7.45. The van der Waals surface area contributed by atoms with Gasteiger partial charge in [0.2, 0.25) is 0 Å². The quantitative estimate of drug-likeness (QED) is 0.229. The molecule has 1 fully saturated rings. The Balaban J connectivity index is 1.99. The van der Waals surface area contributed by atoms with Crippen LogP contribution < -0.4 is 9.47 Å². The van der Waals surface area contributed by atoms with Gasteiger partial charge < -0.3 is 52.3 Å². The number of pyridine rings is 1. The average molecular weight is 505 g/mol. The second-order valence-electron chi connectivity index (χ2n) is 7.45. The molecule has 5 atom stereocenters. The number of nitrogens with zero attached hydrogens (tertiary/aromatic N) is 1. The molecule has 0 spiro atoms. The Hall–Kier alpha value is -3.29. The lowest BCUT2D eigenvalue weighted by Gasteiger charge is -2.45. The number of methoxy groups -OCH3 is 1. The summed E-state index contributed by atoms with van der Waals surface area (Å²) in [6, 6.07) is 6.87. The summed E-state index contributed by atoms with van der Waals surface area (Å²) in [5.41, 5.74) is 0.591. The van der Waals surface area contributed by atoms with Gasteiger partial charge in [0.15, 0.2) is 12.4 Å². The standard InChI is InChI=1S/C24H27NO11/c1-30-16-2-3-17-18(14-16)25-5-4-19(17)35-23-22(33-12-8-28)21(32-11-7-27)20(15-31-10-6-26)36-24(23)34-13-9-29/h2-9,14,20-24H,10-13,15H2,1H3/t20?,21-,22?,23-,24+/m1/s1. The fourth-order valence-corrected chi connectivity index (χ4v) is 3.81. The first-order valence-corrected chi connectivity index (χ1v) is 11.1. The zero-order valence-electron chi connectivity index (χ0n) is 19.6. The van der Waals surface area contributed by atoms with Gasteiger partial charge in [0.25, 0.3) is 0 Å². The molecular weight excluding hydrogens is 478 g/mol. The van der Waals surface area contributed by atoms with E-state index in [-0.39, 0.29) is 33.0 Å². The highest BCUT2D eigenvalue weighted by molar-refractivity contribution is 5.86. The molecular formula is C24H27NO11. The summed E-state index contributed by atoms with van der Waals surface area (Å²) >= 11 is 0. The summed E-state index contributed by atoms with van der Waals surface area (Å²) in [5.74, 6) is 0.994. The molecule has 12 heteroatoms. The van der Waals surface area contributed by atoms with E-state index in [0.29, 0.717) is 47.5 Å². The Morgan fingerprint density at radius 2 is 1.56 bits per heavy atom. The highest BCUT2D eigenvalue weighted by Crippen LogP contribution is 2.33. The highest BCUT2D eigenvalue weighted by Gasteiger charge is 2.50. The van der Waals surface area contributed by atoms with Crippen molar-refractivity contribution in [2.45, 2.75) is 30.7 Å². The van der Waals surface area contributed by atoms with Crippen LogP contribution in [0.1, 0.15) is 0 Å². The minimum Gasteiger partial charge on any atom is -0.497 e. The Bertz CT molecular complexity index is 1020. The molecule has 0 aliphatic carbocycles. The third-order valence-electron chi connectivity index (χ3n) is 5.27. The largest absolute Gasteiger partial charge is 0.497 e. The van der Waals surface area contributed by atoms with Crippen molar-refractivity contribution in [2.75, 3.05) is 40.1 Å². The Morgan fingerprint density at radius 3 is 2.25 bits per heavy atom. The highest BCUT2D eigenvalue weighted by atomic mass is 16.7. The lowest BCUT2D eigenvalue weighted by molar-refractivity contribution is -0.305. The molecule has 1 aliphatic rings. The predicted octanol–water partition coefficient (Wildman–Crippen LogP) is 0.315. The topological polar surface area (TPSA) is 146 Å². The number of fused-ring (bicyclic) bond motifs is 1. The molecule has 2 unspecified atom stereocenters. The molecule has 1 aliphatic heterocycles. The first kappa shape index (κ1) is 27.3. The number of hydrogen-bond acceptors (Lipinski definition) is 12. The Kier molecular flexibility index (Phi) is 10.9. The van der Waals surface area contributed by atoms with E-state index in [1.807, 2.05) is 0 Å². The fourth-order valence-electron chi connectivity index (χ4n) is 3.81. The summed E-state index contributed by atoms with van der Waals surface area (Å²) in [6.45, 7) is -1.26. The number of rotatable bonds is 16. The summed E-state index contributed by atoms with van der Waals surface area (Å²) < 4.78 is 39.9. The van der Waals surface area contributed by atoms with E-state index in [2.05, 4.69) is 4.98 Å². The van der Waals surface area contributed by atoms with Crippen molar-refractivity contribution in [1.82, 2.24) is 4.98 Å². The Morgan fingerprint density at radius 1 is 0.861 bits per heavy atom. The average Bonchev–Trinajstić information content (AvgIpc) is 2.90. The number of hydrogen-bond donors (Lipinski definition) is 0. The number of aldehydes is 4. The van der Waals surface area contributed by atoms with Crippen molar-refractivity contribution < 1.29 is 52.3 Å². The van der Waals surface area contributed by atoms with E-state index in [0.717, 1.165) is 0 Å². The van der Waals surface area contributed by atoms with Crippen LogP contribution >= 0.6 is 0 Å². The number of carbonyl (C=O) groups excluding carboxylic acids is 4. The molecule has 0 radical (unpaired) electrons. The minimum absolute atomic E-state index is 0.116. The van der Waals surface area contributed by atoms with Crippen LogP contribution in [0.4, 0.5) is 0 Å². The smallest absolute Gasteiger partial charge is 0.198 e. The van der Waals surface area contributed by atoms with Gasteiger partial charge in [0.05, 0.1) is 19.2 Å². The molecule has 0 saturated carbocycles. The number of carbonyl (C=O) groups is 4. The van der Waals surface area contributed by atoms with Crippen LogP contribution in [0.3, 0.4) is 0 Å². The van der Waals surface area contributed by atoms with E-state index in [4.69, 9.17) is 33.2 Å². The molecule has 0 bridgehead atoms. The van der Waals surface area contributed by atoms with Gasteiger partial charge in [-0.05, 0) is 18.2 Å². The lowest BCUT2D eigenvalue weighted by Crippen LogP contribution is -2.63. The zero-order valence-corrected chi connectivity index (χ0v) is 19.6.